The molecule has 0 radical (unpaired) electrons. The second-order valence-electron chi connectivity index (χ2n) is 7.50. The summed E-state index contributed by atoms with van der Waals surface area (Å²) >= 11 is 0. The maximum Gasteiger partial charge on any atom is 0.0379 e. The summed E-state index contributed by atoms with van der Waals surface area (Å²) in [7, 11) is 0. The molecule has 2 heterocycles. The number of nitrogens with one attached hydrogen (secondary N) is 1. The molecule has 2 aromatic rings. The van der Waals surface area contributed by atoms with Crippen LogP contribution < -0.4 is 5.32 Å². The molecule has 2 aliphatic rings. The minimum absolute atomic E-state index is 0.664. The van der Waals surface area contributed by atoms with Crippen LogP contribution in [0.25, 0.3) is 11.1 Å². The lowest BCUT2D eigenvalue weighted by Gasteiger charge is -2.38. The number of nitrogens with zero attached hydrogens (tertiary/aromatic N) is 2. The summed E-state index contributed by atoms with van der Waals surface area (Å²) in [4.78, 5) is 7.09. The van der Waals surface area contributed by atoms with Gasteiger partial charge >= 0.3 is 0 Å². The quantitative estimate of drug-likeness (QED) is 0.830. The van der Waals surface area contributed by atoms with Crippen molar-refractivity contribution in [3.63, 3.8) is 0 Å². The largest absolute Gasteiger partial charge is 0.384 e. The van der Waals surface area contributed by atoms with Gasteiger partial charge in [0.15, 0.2) is 0 Å². The first-order chi connectivity index (χ1) is 12.3. The zero-order valence-corrected chi connectivity index (χ0v) is 15.5. The van der Waals surface area contributed by atoms with E-state index in [2.05, 4.69) is 47.2 Å². The van der Waals surface area contributed by atoms with Crippen molar-refractivity contribution in [3.8, 4) is 11.1 Å². The summed E-state index contributed by atoms with van der Waals surface area (Å²) in [6.07, 6.45) is 8.81. The van der Waals surface area contributed by atoms with Crippen LogP contribution in [0.1, 0.15) is 50.2 Å². The molecular formula is C22H29N3. The van der Waals surface area contributed by atoms with E-state index in [0.717, 1.165) is 6.54 Å². The number of hydrogen-bond donors (Lipinski definition) is 1. The van der Waals surface area contributed by atoms with E-state index in [1.807, 2.05) is 18.5 Å². The maximum absolute atomic E-state index is 4.35. The molecule has 2 atom stereocenters. The van der Waals surface area contributed by atoms with Gasteiger partial charge in [-0.15, -0.1) is 0 Å². The normalized spacial score (nSPS) is 21.2. The van der Waals surface area contributed by atoms with Crippen molar-refractivity contribution in [1.82, 2.24) is 9.88 Å². The standard InChI is InChI=1S/C22H29N3/c1-3-10-25(11-4-2)18-12-17-15-24-21-8-7-19(20(13-18)22(17)21)16-6-5-9-23-14-16/h5-9,14,17-18,24H,3-4,10-13,15H2,1-2H3/t17-,18-/m1/s1. The highest BCUT2D eigenvalue weighted by Gasteiger charge is 2.36. The van der Waals surface area contributed by atoms with E-state index in [-0.39, 0.29) is 0 Å². The Kier molecular flexibility index (Phi) is 4.76. The van der Waals surface area contributed by atoms with Crippen molar-refractivity contribution in [3.05, 3.63) is 47.8 Å². The van der Waals surface area contributed by atoms with Crippen molar-refractivity contribution in [2.45, 2.75) is 51.5 Å². The molecule has 0 spiro atoms. The Bertz CT molecular complexity index is 720. The Morgan fingerprint density at radius 3 is 2.72 bits per heavy atom. The molecule has 3 nitrogen and oxygen atoms in total. The molecule has 1 aliphatic carbocycles. The van der Waals surface area contributed by atoms with Gasteiger partial charge in [-0.3, -0.25) is 4.98 Å². The first kappa shape index (κ1) is 16.6. The molecule has 0 unspecified atom stereocenters. The van der Waals surface area contributed by atoms with Gasteiger partial charge in [0, 0.05) is 42.1 Å². The molecule has 4 rings (SSSR count). The van der Waals surface area contributed by atoms with Crippen LogP contribution in [0.3, 0.4) is 0 Å². The Balaban J connectivity index is 1.74. The highest BCUT2D eigenvalue weighted by Crippen LogP contribution is 2.46. The van der Waals surface area contributed by atoms with Crippen molar-refractivity contribution < 1.29 is 0 Å². The van der Waals surface area contributed by atoms with E-state index in [1.165, 1.54) is 55.6 Å². The van der Waals surface area contributed by atoms with E-state index in [1.54, 1.807) is 11.1 Å². The smallest absolute Gasteiger partial charge is 0.0379 e. The molecular weight excluding hydrogens is 306 g/mol. The van der Waals surface area contributed by atoms with Crippen LogP contribution in [0.2, 0.25) is 0 Å². The summed E-state index contributed by atoms with van der Waals surface area (Å²) in [5, 5.41) is 3.65. The zero-order valence-electron chi connectivity index (χ0n) is 15.5. The first-order valence-electron chi connectivity index (χ1n) is 9.85. The Morgan fingerprint density at radius 2 is 2.00 bits per heavy atom. The van der Waals surface area contributed by atoms with E-state index in [4.69, 9.17) is 0 Å². The summed E-state index contributed by atoms with van der Waals surface area (Å²) < 4.78 is 0. The molecule has 1 aliphatic heterocycles. The van der Waals surface area contributed by atoms with Crippen LogP contribution in [-0.2, 0) is 6.42 Å². The minimum Gasteiger partial charge on any atom is -0.384 e. The molecule has 0 fully saturated rings. The molecule has 3 heteroatoms. The van der Waals surface area contributed by atoms with Crippen molar-refractivity contribution in [2.24, 2.45) is 0 Å². The number of aromatic nitrogens is 1. The number of hydrogen-bond acceptors (Lipinski definition) is 3. The Labute approximate surface area is 151 Å². The van der Waals surface area contributed by atoms with E-state index in [0.29, 0.717) is 12.0 Å². The lowest BCUT2D eigenvalue weighted by molar-refractivity contribution is 0.173. The van der Waals surface area contributed by atoms with Crippen LogP contribution in [0.15, 0.2) is 36.7 Å². The fraction of sp³-hybridized carbons (Fsp3) is 0.500. The van der Waals surface area contributed by atoms with Crippen molar-refractivity contribution in [1.29, 1.82) is 0 Å². The van der Waals surface area contributed by atoms with Gasteiger partial charge in [0.05, 0.1) is 0 Å². The van der Waals surface area contributed by atoms with Gasteiger partial charge in [0.2, 0.25) is 0 Å². The summed E-state index contributed by atoms with van der Waals surface area (Å²) in [6, 6.07) is 9.49. The molecule has 0 bridgehead atoms. The van der Waals surface area contributed by atoms with Crippen LogP contribution in [-0.4, -0.2) is 35.6 Å². The third kappa shape index (κ3) is 3.06. The number of pyridine rings is 1. The highest BCUT2D eigenvalue weighted by atomic mass is 15.2. The van der Waals surface area contributed by atoms with Crippen LogP contribution >= 0.6 is 0 Å². The molecule has 1 aromatic carbocycles. The lowest BCUT2D eigenvalue weighted by Crippen LogP contribution is -2.41. The average molecular weight is 335 g/mol. The average Bonchev–Trinajstić information content (AvgIpc) is 3.07. The number of anilines is 1. The minimum atomic E-state index is 0.664. The number of rotatable bonds is 6. The molecule has 0 saturated heterocycles. The van der Waals surface area contributed by atoms with Crippen LogP contribution in [0.4, 0.5) is 5.69 Å². The molecule has 0 amide bonds. The molecule has 132 valence electrons. The van der Waals surface area contributed by atoms with Gasteiger partial charge in [-0.25, -0.2) is 0 Å². The van der Waals surface area contributed by atoms with Gasteiger partial charge in [-0.1, -0.05) is 26.0 Å². The Morgan fingerprint density at radius 1 is 1.16 bits per heavy atom. The molecule has 0 saturated carbocycles. The predicted molar refractivity (Wildman–Crippen MR) is 105 cm³/mol. The molecule has 25 heavy (non-hydrogen) atoms. The second kappa shape index (κ2) is 7.17. The predicted octanol–water partition coefficient (Wildman–Crippen LogP) is 4.69. The van der Waals surface area contributed by atoms with Gasteiger partial charge in [-0.2, -0.15) is 0 Å². The van der Waals surface area contributed by atoms with Crippen LogP contribution in [0.5, 0.6) is 0 Å². The fourth-order valence-electron chi connectivity index (χ4n) is 4.81. The third-order valence-electron chi connectivity index (χ3n) is 5.81. The van der Waals surface area contributed by atoms with E-state index in [9.17, 15) is 0 Å². The van der Waals surface area contributed by atoms with Gasteiger partial charge in [0.1, 0.15) is 0 Å². The SMILES string of the molecule is CCCN(CCC)[C@H]1Cc2c(-c3cccnc3)ccc3c2[C@@H](CN3)C1. The monoisotopic (exact) mass is 335 g/mol. The van der Waals surface area contributed by atoms with E-state index < -0.39 is 0 Å². The number of benzene rings is 1. The van der Waals surface area contributed by atoms with Gasteiger partial charge < -0.3 is 10.2 Å². The summed E-state index contributed by atoms with van der Waals surface area (Å²) in [5.41, 5.74) is 7.16. The van der Waals surface area contributed by atoms with Crippen molar-refractivity contribution >= 4 is 5.69 Å². The lowest BCUT2D eigenvalue weighted by atomic mass is 9.77. The maximum atomic E-state index is 4.35. The van der Waals surface area contributed by atoms with Crippen molar-refractivity contribution in [2.75, 3.05) is 25.0 Å². The zero-order chi connectivity index (χ0) is 17.2. The Hall–Kier alpha value is -1.87. The molecule has 1 N–H and O–H groups in total. The third-order valence-corrected chi connectivity index (χ3v) is 5.81. The van der Waals surface area contributed by atoms with Crippen LogP contribution in [0, 0.1) is 0 Å². The molecule has 1 aromatic heterocycles. The van der Waals surface area contributed by atoms with E-state index >= 15 is 0 Å². The highest BCUT2D eigenvalue weighted by molar-refractivity contribution is 5.76. The van der Waals surface area contributed by atoms with Gasteiger partial charge in [0.25, 0.3) is 0 Å². The fourth-order valence-corrected chi connectivity index (χ4v) is 4.81. The summed E-state index contributed by atoms with van der Waals surface area (Å²) in [5.74, 6) is 0.664. The first-order valence-corrected chi connectivity index (χ1v) is 9.85. The second-order valence-corrected chi connectivity index (χ2v) is 7.50. The summed E-state index contributed by atoms with van der Waals surface area (Å²) in [6.45, 7) is 8.14. The topological polar surface area (TPSA) is 28.2 Å². The van der Waals surface area contributed by atoms with Gasteiger partial charge in [-0.05, 0) is 67.6 Å².